The van der Waals surface area contributed by atoms with Crippen LogP contribution in [0.25, 0.3) is 0 Å². The molecule has 138 valence electrons. The van der Waals surface area contributed by atoms with E-state index in [-0.39, 0.29) is 5.91 Å². The Kier molecular flexibility index (Phi) is 5.78. The molecule has 1 aliphatic rings. The summed E-state index contributed by atoms with van der Waals surface area (Å²) in [7, 11) is 1.69. The van der Waals surface area contributed by atoms with Crippen LogP contribution in [-0.2, 0) is 4.79 Å². The number of hydrogen-bond donors (Lipinski definition) is 2. The number of para-hydroxylation sites is 2. The zero-order valence-electron chi connectivity index (χ0n) is 15.4. The van der Waals surface area contributed by atoms with E-state index in [0.29, 0.717) is 12.5 Å². The molecule has 0 radical (unpaired) electrons. The maximum absolute atomic E-state index is 12.4. The summed E-state index contributed by atoms with van der Waals surface area (Å²) in [6, 6.07) is 15.2. The zero-order valence-corrected chi connectivity index (χ0v) is 15.4. The van der Waals surface area contributed by atoms with E-state index in [0.717, 1.165) is 42.1 Å². The normalized spacial score (nSPS) is 17.8. The summed E-state index contributed by atoms with van der Waals surface area (Å²) in [5.74, 6) is 1.18. The fourth-order valence-electron chi connectivity index (χ4n) is 3.39. The SMILES string of the molecule is COc1ccccc1N1CCC(CNC(=O)C(N)c2ccc(C)cc2)C1. The number of nitrogens with two attached hydrogens (primary N) is 1. The molecular weight excluding hydrogens is 326 g/mol. The number of carbonyl (C=O) groups is 1. The molecule has 2 aromatic rings. The standard InChI is InChI=1S/C21H27N3O2/c1-15-7-9-17(10-8-15)20(22)21(25)23-13-16-11-12-24(14-16)18-5-3-4-6-19(18)26-2/h3-10,16,20H,11-14,22H2,1-2H3,(H,23,25). The second kappa shape index (κ2) is 8.23. The van der Waals surface area contributed by atoms with E-state index >= 15 is 0 Å². The molecule has 3 rings (SSSR count). The Labute approximate surface area is 155 Å². The molecule has 0 aliphatic carbocycles. The number of nitrogens with zero attached hydrogens (tertiary/aromatic N) is 1. The first-order chi connectivity index (χ1) is 12.6. The van der Waals surface area contributed by atoms with Crippen molar-refractivity contribution in [1.29, 1.82) is 0 Å². The minimum absolute atomic E-state index is 0.121. The van der Waals surface area contributed by atoms with Gasteiger partial charge in [-0.3, -0.25) is 4.79 Å². The topological polar surface area (TPSA) is 67.6 Å². The number of aryl methyl sites for hydroxylation is 1. The quantitative estimate of drug-likeness (QED) is 0.838. The van der Waals surface area contributed by atoms with Gasteiger partial charge in [0.2, 0.25) is 5.91 Å². The van der Waals surface area contributed by atoms with Crippen LogP contribution in [0.2, 0.25) is 0 Å². The van der Waals surface area contributed by atoms with Crippen LogP contribution in [0.3, 0.4) is 0 Å². The highest BCUT2D eigenvalue weighted by molar-refractivity contribution is 5.82. The van der Waals surface area contributed by atoms with E-state index in [1.165, 1.54) is 0 Å². The van der Waals surface area contributed by atoms with Gasteiger partial charge in [-0.2, -0.15) is 0 Å². The first-order valence-electron chi connectivity index (χ1n) is 9.06. The molecule has 0 bridgehead atoms. The average molecular weight is 353 g/mol. The van der Waals surface area contributed by atoms with E-state index in [2.05, 4.69) is 16.3 Å². The smallest absolute Gasteiger partial charge is 0.241 e. The number of anilines is 1. The molecule has 1 aliphatic heterocycles. The van der Waals surface area contributed by atoms with Gasteiger partial charge in [0, 0.05) is 19.6 Å². The predicted octanol–water partition coefficient (Wildman–Crippen LogP) is 2.65. The molecule has 1 amide bonds. The molecule has 1 saturated heterocycles. The van der Waals surface area contributed by atoms with E-state index in [9.17, 15) is 4.79 Å². The monoisotopic (exact) mass is 353 g/mol. The number of hydrogen-bond acceptors (Lipinski definition) is 4. The van der Waals surface area contributed by atoms with Crippen molar-refractivity contribution in [2.45, 2.75) is 19.4 Å². The third-order valence-corrected chi connectivity index (χ3v) is 5.00. The van der Waals surface area contributed by atoms with Crippen LogP contribution in [-0.4, -0.2) is 32.7 Å². The first-order valence-corrected chi connectivity index (χ1v) is 9.06. The van der Waals surface area contributed by atoms with Crippen molar-refractivity contribution in [2.24, 2.45) is 11.7 Å². The third kappa shape index (κ3) is 4.17. The molecule has 1 heterocycles. The molecule has 0 aromatic heterocycles. The Balaban J connectivity index is 1.52. The Morgan fingerprint density at radius 3 is 2.73 bits per heavy atom. The Hall–Kier alpha value is -2.53. The van der Waals surface area contributed by atoms with Crippen molar-refractivity contribution in [3.05, 3.63) is 59.7 Å². The summed E-state index contributed by atoms with van der Waals surface area (Å²) in [6.07, 6.45) is 1.04. The van der Waals surface area contributed by atoms with Crippen molar-refractivity contribution in [3.8, 4) is 5.75 Å². The lowest BCUT2D eigenvalue weighted by Gasteiger charge is -2.21. The van der Waals surface area contributed by atoms with E-state index in [4.69, 9.17) is 10.5 Å². The van der Waals surface area contributed by atoms with E-state index < -0.39 is 6.04 Å². The van der Waals surface area contributed by atoms with Gasteiger partial charge in [0.15, 0.2) is 0 Å². The van der Waals surface area contributed by atoms with Gasteiger partial charge in [0.05, 0.1) is 12.8 Å². The second-order valence-electron chi connectivity index (χ2n) is 6.91. The van der Waals surface area contributed by atoms with E-state index in [1.807, 2.05) is 49.4 Å². The maximum atomic E-state index is 12.4. The van der Waals surface area contributed by atoms with Gasteiger partial charge in [-0.05, 0) is 37.0 Å². The Bertz CT molecular complexity index is 745. The first kappa shape index (κ1) is 18.3. The van der Waals surface area contributed by atoms with Crippen molar-refractivity contribution in [1.82, 2.24) is 5.32 Å². The highest BCUT2D eigenvalue weighted by Crippen LogP contribution is 2.31. The van der Waals surface area contributed by atoms with Crippen LogP contribution < -0.4 is 20.7 Å². The largest absolute Gasteiger partial charge is 0.495 e. The molecular formula is C21H27N3O2. The number of benzene rings is 2. The number of methoxy groups -OCH3 is 1. The van der Waals surface area contributed by atoms with Gasteiger partial charge in [0.1, 0.15) is 11.8 Å². The maximum Gasteiger partial charge on any atom is 0.241 e. The second-order valence-corrected chi connectivity index (χ2v) is 6.91. The van der Waals surface area contributed by atoms with Crippen LogP contribution in [0.1, 0.15) is 23.6 Å². The van der Waals surface area contributed by atoms with Crippen molar-refractivity contribution < 1.29 is 9.53 Å². The lowest BCUT2D eigenvalue weighted by atomic mass is 10.0. The zero-order chi connectivity index (χ0) is 18.5. The number of ether oxygens (including phenoxy) is 1. The fourth-order valence-corrected chi connectivity index (χ4v) is 3.39. The van der Waals surface area contributed by atoms with Gasteiger partial charge < -0.3 is 20.7 Å². The van der Waals surface area contributed by atoms with Gasteiger partial charge in [0.25, 0.3) is 0 Å². The molecule has 1 fully saturated rings. The van der Waals surface area contributed by atoms with Crippen molar-refractivity contribution in [3.63, 3.8) is 0 Å². The highest BCUT2D eigenvalue weighted by Gasteiger charge is 2.25. The fraction of sp³-hybridized carbons (Fsp3) is 0.381. The van der Waals surface area contributed by atoms with E-state index in [1.54, 1.807) is 7.11 Å². The Morgan fingerprint density at radius 2 is 2.00 bits per heavy atom. The van der Waals surface area contributed by atoms with Gasteiger partial charge in [-0.25, -0.2) is 0 Å². The van der Waals surface area contributed by atoms with Crippen LogP contribution in [0.4, 0.5) is 5.69 Å². The Morgan fingerprint density at radius 1 is 1.27 bits per heavy atom. The summed E-state index contributed by atoms with van der Waals surface area (Å²) >= 11 is 0. The van der Waals surface area contributed by atoms with Crippen LogP contribution >= 0.6 is 0 Å². The molecule has 5 heteroatoms. The molecule has 3 N–H and O–H groups in total. The van der Waals surface area contributed by atoms with Gasteiger partial charge in [-0.15, -0.1) is 0 Å². The van der Waals surface area contributed by atoms with Gasteiger partial charge >= 0.3 is 0 Å². The number of rotatable bonds is 6. The summed E-state index contributed by atoms with van der Waals surface area (Å²) < 4.78 is 5.45. The molecule has 26 heavy (non-hydrogen) atoms. The molecule has 0 spiro atoms. The lowest BCUT2D eigenvalue weighted by molar-refractivity contribution is -0.122. The van der Waals surface area contributed by atoms with Crippen molar-refractivity contribution >= 4 is 11.6 Å². The summed E-state index contributed by atoms with van der Waals surface area (Å²) in [5.41, 5.74) is 9.20. The molecule has 5 nitrogen and oxygen atoms in total. The highest BCUT2D eigenvalue weighted by atomic mass is 16.5. The third-order valence-electron chi connectivity index (χ3n) is 5.00. The molecule has 2 aromatic carbocycles. The van der Waals surface area contributed by atoms with Gasteiger partial charge in [-0.1, -0.05) is 42.0 Å². The summed E-state index contributed by atoms with van der Waals surface area (Å²) in [4.78, 5) is 14.7. The van der Waals surface area contributed by atoms with Crippen LogP contribution in [0.5, 0.6) is 5.75 Å². The van der Waals surface area contributed by atoms with Crippen molar-refractivity contribution in [2.75, 3.05) is 31.6 Å². The number of nitrogens with one attached hydrogen (secondary N) is 1. The number of amides is 1. The molecule has 2 atom stereocenters. The molecule has 0 saturated carbocycles. The average Bonchev–Trinajstić information content (AvgIpc) is 3.15. The predicted molar refractivity (Wildman–Crippen MR) is 104 cm³/mol. The minimum Gasteiger partial charge on any atom is -0.495 e. The van der Waals surface area contributed by atoms with Crippen LogP contribution in [0, 0.1) is 12.8 Å². The summed E-state index contributed by atoms with van der Waals surface area (Å²) in [6.45, 7) is 4.53. The number of carbonyl (C=O) groups excluding carboxylic acids is 1. The van der Waals surface area contributed by atoms with Crippen LogP contribution in [0.15, 0.2) is 48.5 Å². The summed E-state index contributed by atoms with van der Waals surface area (Å²) in [5, 5.41) is 3.02. The lowest BCUT2D eigenvalue weighted by Crippen LogP contribution is -2.37. The molecule has 2 unspecified atom stereocenters. The minimum atomic E-state index is -0.623.